The predicted octanol–water partition coefficient (Wildman–Crippen LogP) is 2.99. The molecular formula is C9H9ClO2S. The van der Waals surface area contributed by atoms with Crippen molar-refractivity contribution >= 4 is 29.3 Å². The number of benzene rings is 1. The molecule has 1 aromatic rings. The van der Waals surface area contributed by atoms with Gasteiger partial charge in [-0.1, -0.05) is 11.6 Å². The third-order valence-corrected chi connectivity index (χ3v) is 2.61. The van der Waals surface area contributed by atoms with Crippen LogP contribution < -0.4 is 4.74 Å². The molecule has 70 valence electrons. The van der Waals surface area contributed by atoms with E-state index >= 15 is 0 Å². The molecule has 0 saturated carbocycles. The molecule has 0 heterocycles. The molecule has 0 aliphatic heterocycles. The summed E-state index contributed by atoms with van der Waals surface area (Å²) in [6, 6.07) is 5.18. The first kappa shape index (κ1) is 10.4. The largest absolute Gasteiger partial charge is 0.427 e. The van der Waals surface area contributed by atoms with Crippen molar-refractivity contribution in [2.45, 2.75) is 11.8 Å². The number of hydrogen-bond donors (Lipinski definition) is 0. The molecule has 0 fully saturated rings. The molecule has 1 aromatic carbocycles. The quantitative estimate of drug-likeness (QED) is 0.432. The first-order chi connectivity index (χ1) is 6.13. The van der Waals surface area contributed by atoms with E-state index < -0.39 is 0 Å². The van der Waals surface area contributed by atoms with Crippen LogP contribution in [0.5, 0.6) is 5.75 Å². The van der Waals surface area contributed by atoms with Gasteiger partial charge in [0.25, 0.3) is 0 Å². The van der Waals surface area contributed by atoms with Crippen molar-refractivity contribution in [3.8, 4) is 5.75 Å². The average molecular weight is 217 g/mol. The van der Waals surface area contributed by atoms with E-state index in [2.05, 4.69) is 0 Å². The molecule has 1 rings (SSSR count). The number of esters is 1. The maximum Gasteiger partial charge on any atom is 0.308 e. The lowest BCUT2D eigenvalue weighted by Gasteiger charge is -2.03. The highest BCUT2D eigenvalue weighted by atomic mass is 35.5. The zero-order valence-corrected chi connectivity index (χ0v) is 8.91. The second kappa shape index (κ2) is 4.53. The van der Waals surface area contributed by atoms with Crippen LogP contribution in [0.4, 0.5) is 0 Å². The first-order valence-corrected chi connectivity index (χ1v) is 5.25. The van der Waals surface area contributed by atoms with E-state index in [-0.39, 0.29) is 5.97 Å². The summed E-state index contributed by atoms with van der Waals surface area (Å²) in [7, 11) is 0. The molecule has 0 unspecified atom stereocenters. The lowest BCUT2D eigenvalue weighted by molar-refractivity contribution is -0.131. The van der Waals surface area contributed by atoms with Crippen molar-refractivity contribution in [2.75, 3.05) is 6.26 Å². The van der Waals surface area contributed by atoms with E-state index in [9.17, 15) is 4.79 Å². The molecule has 0 radical (unpaired) electrons. The summed E-state index contributed by atoms with van der Waals surface area (Å²) in [6.07, 6.45) is 1.94. The Bertz CT molecular complexity index is 325. The maximum atomic E-state index is 10.6. The normalized spacial score (nSPS) is 9.77. The zero-order chi connectivity index (χ0) is 9.84. The van der Waals surface area contributed by atoms with E-state index in [4.69, 9.17) is 16.3 Å². The number of rotatable bonds is 2. The Hall–Kier alpha value is -0.670. The van der Waals surface area contributed by atoms with Crippen LogP contribution in [0.25, 0.3) is 0 Å². The number of hydrogen-bond acceptors (Lipinski definition) is 3. The Morgan fingerprint density at radius 1 is 1.54 bits per heavy atom. The molecule has 0 atom stereocenters. The van der Waals surface area contributed by atoms with E-state index in [0.717, 1.165) is 4.90 Å². The van der Waals surface area contributed by atoms with Gasteiger partial charge in [0, 0.05) is 17.9 Å². The van der Waals surface area contributed by atoms with Gasteiger partial charge in [-0.05, 0) is 18.4 Å². The SMILES string of the molecule is CSc1ccc(OC(C)=O)cc1Cl. The predicted molar refractivity (Wildman–Crippen MR) is 54.5 cm³/mol. The van der Waals surface area contributed by atoms with Crippen molar-refractivity contribution in [1.29, 1.82) is 0 Å². The Balaban J connectivity index is 2.89. The van der Waals surface area contributed by atoms with Gasteiger partial charge in [-0.25, -0.2) is 0 Å². The summed E-state index contributed by atoms with van der Waals surface area (Å²) in [4.78, 5) is 11.6. The van der Waals surface area contributed by atoms with Crippen LogP contribution in [-0.4, -0.2) is 12.2 Å². The molecule has 0 N–H and O–H groups in total. The molecular weight excluding hydrogens is 208 g/mol. The summed E-state index contributed by atoms with van der Waals surface area (Å²) >= 11 is 7.45. The second-order valence-electron chi connectivity index (χ2n) is 2.39. The number of halogens is 1. The molecule has 2 nitrogen and oxygen atoms in total. The topological polar surface area (TPSA) is 26.3 Å². The fourth-order valence-electron chi connectivity index (χ4n) is 0.877. The first-order valence-electron chi connectivity index (χ1n) is 3.65. The van der Waals surface area contributed by atoms with Crippen LogP contribution in [0.15, 0.2) is 23.1 Å². The van der Waals surface area contributed by atoms with Gasteiger partial charge in [-0.2, -0.15) is 0 Å². The molecule has 0 spiro atoms. The van der Waals surface area contributed by atoms with Crippen molar-refractivity contribution in [3.05, 3.63) is 23.2 Å². The van der Waals surface area contributed by atoms with Crippen molar-refractivity contribution < 1.29 is 9.53 Å². The Morgan fingerprint density at radius 2 is 2.23 bits per heavy atom. The van der Waals surface area contributed by atoms with Gasteiger partial charge in [-0.15, -0.1) is 11.8 Å². The molecule has 0 bridgehead atoms. The van der Waals surface area contributed by atoms with Gasteiger partial charge < -0.3 is 4.74 Å². The summed E-state index contributed by atoms with van der Waals surface area (Å²) < 4.78 is 4.86. The van der Waals surface area contributed by atoms with Gasteiger partial charge in [0.2, 0.25) is 0 Å². The van der Waals surface area contributed by atoms with Gasteiger partial charge in [-0.3, -0.25) is 4.79 Å². The van der Waals surface area contributed by atoms with E-state index in [0.29, 0.717) is 10.8 Å². The van der Waals surface area contributed by atoms with Gasteiger partial charge in [0.1, 0.15) is 5.75 Å². The minimum absolute atomic E-state index is 0.340. The monoisotopic (exact) mass is 216 g/mol. The molecule has 0 amide bonds. The van der Waals surface area contributed by atoms with Crippen LogP contribution in [-0.2, 0) is 4.79 Å². The average Bonchev–Trinajstić information content (AvgIpc) is 2.03. The summed E-state index contributed by atoms with van der Waals surface area (Å²) in [5.41, 5.74) is 0. The van der Waals surface area contributed by atoms with Crippen LogP contribution in [0.3, 0.4) is 0 Å². The van der Waals surface area contributed by atoms with Crippen molar-refractivity contribution in [1.82, 2.24) is 0 Å². The molecule has 0 saturated heterocycles. The Morgan fingerprint density at radius 3 is 2.69 bits per heavy atom. The molecule has 13 heavy (non-hydrogen) atoms. The fraction of sp³-hybridized carbons (Fsp3) is 0.222. The smallest absolute Gasteiger partial charge is 0.308 e. The van der Waals surface area contributed by atoms with Crippen molar-refractivity contribution in [2.24, 2.45) is 0 Å². The van der Waals surface area contributed by atoms with Gasteiger partial charge in [0.05, 0.1) is 5.02 Å². The number of thioether (sulfide) groups is 1. The zero-order valence-electron chi connectivity index (χ0n) is 7.33. The molecule has 0 aliphatic rings. The van der Waals surface area contributed by atoms with Crippen LogP contribution >= 0.6 is 23.4 Å². The van der Waals surface area contributed by atoms with Crippen molar-refractivity contribution in [3.63, 3.8) is 0 Å². The summed E-state index contributed by atoms with van der Waals surface area (Å²) in [5.74, 6) is 0.142. The molecule has 4 heteroatoms. The fourth-order valence-corrected chi connectivity index (χ4v) is 1.74. The van der Waals surface area contributed by atoms with Crippen LogP contribution in [0.2, 0.25) is 5.02 Å². The lowest BCUT2D eigenvalue weighted by atomic mass is 10.3. The minimum atomic E-state index is -0.340. The van der Waals surface area contributed by atoms with Gasteiger partial charge >= 0.3 is 5.97 Å². The molecule has 0 aliphatic carbocycles. The van der Waals surface area contributed by atoms with Crippen LogP contribution in [0, 0.1) is 0 Å². The summed E-state index contributed by atoms with van der Waals surface area (Å²) in [5, 5.41) is 0.603. The number of carbonyl (C=O) groups excluding carboxylic acids is 1. The van der Waals surface area contributed by atoms with Gasteiger partial charge in [0.15, 0.2) is 0 Å². The van der Waals surface area contributed by atoms with E-state index in [1.807, 2.05) is 12.3 Å². The third kappa shape index (κ3) is 2.94. The highest BCUT2D eigenvalue weighted by Gasteiger charge is 2.02. The highest BCUT2D eigenvalue weighted by Crippen LogP contribution is 2.28. The number of carbonyl (C=O) groups is 1. The van der Waals surface area contributed by atoms with E-state index in [1.54, 1.807) is 23.9 Å². The Labute approximate surface area is 86.2 Å². The molecule has 0 aromatic heterocycles. The minimum Gasteiger partial charge on any atom is -0.427 e. The Kier molecular flexibility index (Phi) is 3.63. The third-order valence-electron chi connectivity index (χ3n) is 1.38. The standard InChI is InChI=1S/C9H9ClO2S/c1-6(11)12-7-3-4-9(13-2)8(10)5-7/h3-5H,1-2H3. The lowest BCUT2D eigenvalue weighted by Crippen LogP contribution is -2.00. The van der Waals surface area contributed by atoms with Crippen LogP contribution in [0.1, 0.15) is 6.92 Å². The number of ether oxygens (including phenoxy) is 1. The van der Waals surface area contributed by atoms with E-state index in [1.165, 1.54) is 6.92 Å². The maximum absolute atomic E-state index is 10.6. The summed E-state index contributed by atoms with van der Waals surface area (Å²) in [6.45, 7) is 1.36. The second-order valence-corrected chi connectivity index (χ2v) is 3.65. The highest BCUT2D eigenvalue weighted by molar-refractivity contribution is 7.98.